The quantitative estimate of drug-likeness (QED) is 0.917. The molecule has 2 N–H and O–H groups in total. The molecule has 21 heavy (non-hydrogen) atoms. The molecular formula is C17H18N4. The molecule has 0 radical (unpaired) electrons. The number of piperidine rings is 1. The molecule has 0 spiro atoms. The van der Waals surface area contributed by atoms with Crippen LogP contribution in [0.4, 0.5) is 11.5 Å². The van der Waals surface area contributed by atoms with Crippen LogP contribution in [-0.2, 0) is 5.41 Å². The fourth-order valence-electron chi connectivity index (χ4n) is 2.92. The number of benzene rings is 1. The third-order valence-electron chi connectivity index (χ3n) is 4.25. The maximum absolute atomic E-state index is 9.69. The van der Waals surface area contributed by atoms with Crippen LogP contribution in [0.1, 0.15) is 18.4 Å². The van der Waals surface area contributed by atoms with E-state index < -0.39 is 0 Å². The minimum Gasteiger partial charge on any atom is -0.397 e. The van der Waals surface area contributed by atoms with E-state index in [0.29, 0.717) is 5.69 Å². The number of hydrogen-bond acceptors (Lipinski definition) is 4. The van der Waals surface area contributed by atoms with E-state index in [0.717, 1.165) is 37.3 Å². The molecule has 3 rings (SSSR count). The van der Waals surface area contributed by atoms with E-state index in [9.17, 15) is 5.26 Å². The highest BCUT2D eigenvalue weighted by atomic mass is 15.2. The van der Waals surface area contributed by atoms with Crippen molar-refractivity contribution in [2.45, 2.75) is 18.3 Å². The van der Waals surface area contributed by atoms with Gasteiger partial charge in [0.25, 0.3) is 0 Å². The molecular weight excluding hydrogens is 260 g/mol. The van der Waals surface area contributed by atoms with Crippen LogP contribution in [0.15, 0.2) is 48.7 Å². The zero-order valence-electron chi connectivity index (χ0n) is 11.9. The standard InChI is InChI=1S/C17H18N4/c18-13-17(14-4-2-1-3-5-14)8-10-21(11-9-17)16-7-6-15(19)12-20-16/h1-7,12H,8-11,19H2. The molecule has 0 aliphatic carbocycles. The topological polar surface area (TPSA) is 65.9 Å². The number of rotatable bonds is 2. The van der Waals surface area contributed by atoms with E-state index in [1.165, 1.54) is 0 Å². The highest BCUT2D eigenvalue weighted by Crippen LogP contribution is 2.35. The molecule has 1 saturated heterocycles. The fourth-order valence-corrected chi connectivity index (χ4v) is 2.92. The van der Waals surface area contributed by atoms with Crippen molar-refractivity contribution in [3.63, 3.8) is 0 Å². The average Bonchev–Trinajstić information content (AvgIpc) is 2.56. The van der Waals surface area contributed by atoms with Crippen LogP contribution in [0.2, 0.25) is 0 Å². The summed E-state index contributed by atoms with van der Waals surface area (Å²) in [6.45, 7) is 1.67. The first-order chi connectivity index (χ1) is 10.2. The monoisotopic (exact) mass is 278 g/mol. The fraction of sp³-hybridized carbons (Fsp3) is 0.294. The van der Waals surface area contributed by atoms with Gasteiger partial charge in [0.2, 0.25) is 0 Å². The van der Waals surface area contributed by atoms with Crippen LogP contribution in [0.3, 0.4) is 0 Å². The molecule has 0 amide bonds. The number of hydrogen-bond donors (Lipinski definition) is 1. The Balaban J connectivity index is 1.77. The Bertz CT molecular complexity index is 635. The lowest BCUT2D eigenvalue weighted by Crippen LogP contribution is -2.42. The van der Waals surface area contributed by atoms with Crippen LogP contribution >= 0.6 is 0 Å². The maximum atomic E-state index is 9.69. The Kier molecular flexibility index (Phi) is 3.49. The molecule has 1 aromatic carbocycles. The van der Waals surface area contributed by atoms with Crippen molar-refractivity contribution in [1.29, 1.82) is 5.26 Å². The summed E-state index contributed by atoms with van der Waals surface area (Å²) in [7, 11) is 0. The van der Waals surface area contributed by atoms with Gasteiger partial charge in [0.15, 0.2) is 0 Å². The van der Waals surface area contributed by atoms with Crippen LogP contribution in [0.5, 0.6) is 0 Å². The lowest BCUT2D eigenvalue weighted by atomic mass is 9.74. The number of nitriles is 1. The largest absolute Gasteiger partial charge is 0.397 e. The molecule has 2 aromatic rings. The van der Waals surface area contributed by atoms with Gasteiger partial charge in [-0.25, -0.2) is 4.98 Å². The number of aromatic nitrogens is 1. The van der Waals surface area contributed by atoms with Crippen molar-refractivity contribution in [3.05, 3.63) is 54.2 Å². The molecule has 1 fully saturated rings. The molecule has 2 heterocycles. The second-order valence-electron chi connectivity index (χ2n) is 5.50. The molecule has 0 atom stereocenters. The van der Waals surface area contributed by atoms with Crippen molar-refractivity contribution in [1.82, 2.24) is 4.98 Å². The van der Waals surface area contributed by atoms with Gasteiger partial charge in [-0.1, -0.05) is 30.3 Å². The molecule has 106 valence electrons. The zero-order valence-corrected chi connectivity index (χ0v) is 11.9. The minimum absolute atomic E-state index is 0.369. The first-order valence-electron chi connectivity index (χ1n) is 7.17. The summed E-state index contributed by atoms with van der Waals surface area (Å²) < 4.78 is 0. The van der Waals surface area contributed by atoms with Crippen molar-refractivity contribution < 1.29 is 0 Å². The number of nitrogens with two attached hydrogens (primary N) is 1. The number of nitrogen functional groups attached to an aromatic ring is 1. The van der Waals surface area contributed by atoms with Gasteiger partial charge in [-0.3, -0.25) is 0 Å². The van der Waals surface area contributed by atoms with E-state index in [2.05, 4.69) is 28.1 Å². The molecule has 1 aliphatic heterocycles. The Morgan fingerprint density at radius 3 is 2.38 bits per heavy atom. The highest BCUT2D eigenvalue weighted by Gasteiger charge is 2.36. The summed E-state index contributed by atoms with van der Waals surface area (Å²) in [5, 5.41) is 9.69. The second-order valence-corrected chi connectivity index (χ2v) is 5.50. The summed E-state index contributed by atoms with van der Waals surface area (Å²) in [4.78, 5) is 6.59. The van der Waals surface area contributed by atoms with E-state index in [1.54, 1.807) is 6.20 Å². The van der Waals surface area contributed by atoms with Crippen molar-refractivity contribution in [2.75, 3.05) is 23.7 Å². The molecule has 1 aliphatic rings. The summed E-state index contributed by atoms with van der Waals surface area (Å²) in [6, 6.07) is 16.5. The number of anilines is 2. The summed E-state index contributed by atoms with van der Waals surface area (Å²) in [6.07, 6.45) is 3.32. The Morgan fingerprint density at radius 1 is 1.10 bits per heavy atom. The minimum atomic E-state index is -0.369. The lowest BCUT2D eigenvalue weighted by Gasteiger charge is -2.38. The lowest BCUT2D eigenvalue weighted by molar-refractivity contribution is 0.414. The average molecular weight is 278 g/mol. The molecule has 0 saturated carbocycles. The van der Waals surface area contributed by atoms with Gasteiger partial charge in [0, 0.05) is 13.1 Å². The van der Waals surface area contributed by atoms with Gasteiger partial charge >= 0.3 is 0 Å². The van der Waals surface area contributed by atoms with Crippen molar-refractivity contribution in [3.8, 4) is 6.07 Å². The summed E-state index contributed by atoms with van der Waals surface area (Å²) >= 11 is 0. The number of pyridine rings is 1. The Labute approximate surface area is 124 Å². The third kappa shape index (κ3) is 2.55. The van der Waals surface area contributed by atoms with Crippen LogP contribution in [0.25, 0.3) is 0 Å². The third-order valence-corrected chi connectivity index (χ3v) is 4.25. The van der Waals surface area contributed by atoms with Crippen LogP contribution in [-0.4, -0.2) is 18.1 Å². The van der Waals surface area contributed by atoms with Gasteiger partial charge in [0.05, 0.1) is 23.4 Å². The molecule has 1 aromatic heterocycles. The molecule has 0 unspecified atom stereocenters. The first kappa shape index (κ1) is 13.4. The first-order valence-corrected chi connectivity index (χ1v) is 7.17. The highest BCUT2D eigenvalue weighted by molar-refractivity contribution is 5.47. The summed E-state index contributed by atoms with van der Waals surface area (Å²) in [5.41, 5.74) is 7.10. The Morgan fingerprint density at radius 2 is 1.81 bits per heavy atom. The van der Waals surface area contributed by atoms with E-state index in [1.807, 2.05) is 30.3 Å². The van der Waals surface area contributed by atoms with Crippen molar-refractivity contribution >= 4 is 11.5 Å². The van der Waals surface area contributed by atoms with Gasteiger partial charge in [0.1, 0.15) is 5.82 Å². The number of nitrogens with zero attached hydrogens (tertiary/aromatic N) is 3. The van der Waals surface area contributed by atoms with Gasteiger partial charge in [-0.15, -0.1) is 0 Å². The molecule has 0 bridgehead atoms. The zero-order chi connectivity index (χ0) is 14.7. The van der Waals surface area contributed by atoms with Gasteiger partial charge in [-0.2, -0.15) is 5.26 Å². The Hall–Kier alpha value is -2.54. The predicted octanol–water partition coefficient (Wildman–Crippen LogP) is 2.73. The smallest absolute Gasteiger partial charge is 0.128 e. The normalized spacial score (nSPS) is 17.2. The van der Waals surface area contributed by atoms with Crippen LogP contribution < -0.4 is 10.6 Å². The van der Waals surface area contributed by atoms with Crippen LogP contribution in [0, 0.1) is 11.3 Å². The molecule has 4 heteroatoms. The van der Waals surface area contributed by atoms with E-state index >= 15 is 0 Å². The molecule has 4 nitrogen and oxygen atoms in total. The van der Waals surface area contributed by atoms with E-state index in [4.69, 9.17) is 5.73 Å². The second kappa shape index (κ2) is 5.45. The van der Waals surface area contributed by atoms with Gasteiger partial charge in [-0.05, 0) is 30.5 Å². The van der Waals surface area contributed by atoms with Gasteiger partial charge < -0.3 is 10.6 Å². The predicted molar refractivity (Wildman–Crippen MR) is 83.8 cm³/mol. The van der Waals surface area contributed by atoms with Crippen molar-refractivity contribution in [2.24, 2.45) is 0 Å². The SMILES string of the molecule is N#CC1(c2ccccc2)CCN(c2ccc(N)cn2)CC1. The summed E-state index contributed by atoms with van der Waals surface area (Å²) in [5.74, 6) is 0.934. The maximum Gasteiger partial charge on any atom is 0.128 e. The van der Waals surface area contributed by atoms with E-state index in [-0.39, 0.29) is 5.41 Å².